The third-order valence-corrected chi connectivity index (χ3v) is 4.39. The number of hydrogen-bond acceptors (Lipinski definition) is 5. The molecule has 0 saturated heterocycles. The summed E-state index contributed by atoms with van der Waals surface area (Å²) in [5, 5.41) is 6.60. The van der Waals surface area contributed by atoms with Crippen LogP contribution in [0.2, 0.25) is 0 Å². The number of imidazole rings is 1. The molecule has 1 amide bonds. The number of amides is 1. The second-order valence-corrected chi connectivity index (χ2v) is 6.25. The average Bonchev–Trinajstić information content (AvgIpc) is 3.20. The Morgan fingerprint density at radius 3 is 2.86 bits per heavy atom. The van der Waals surface area contributed by atoms with E-state index in [1.807, 2.05) is 31.3 Å². The van der Waals surface area contributed by atoms with Crippen molar-refractivity contribution in [3.05, 3.63) is 71.4 Å². The van der Waals surface area contributed by atoms with Gasteiger partial charge in [-0.25, -0.2) is 9.37 Å². The molecule has 0 atom stereocenters. The minimum Gasteiger partial charge on any atom is -0.489 e. The van der Waals surface area contributed by atoms with Crippen LogP contribution in [0.4, 0.5) is 10.3 Å². The number of halogens is 1. The maximum absolute atomic E-state index is 13.3. The van der Waals surface area contributed by atoms with Gasteiger partial charge in [0.2, 0.25) is 5.95 Å². The molecule has 2 aromatic heterocycles. The van der Waals surface area contributed by atoms with Crippen LogP contribution in [0.15, 0.2) is 53.1 Å². The van der Waals surface area contributed by atoms with E-state index >= 15 is 0 Å². The number of benzene rings is 2. The largest absolute Gasteiger partial charge is 0.489 e. The quantitative estimate of drug-likeness (QED) is 0.569. The number of rotatable bonds is 5. The summed E-state index contributed by atoms with van der Waals surface area (Å²) in [5.74, 6) is 0.324. The molecular weight excluding hydrogens is 363 g/mol. The molecule has 4 aromatic rings. The first kappa shape index (κ1) is 17.7. The standard InChI is InChI=1S/C20H17FN4O3/c1-12-15(11-27-14-7-5-6-13(21)10-14)18(24-28-12)19(26)23-20-22-16-8-3-4-9-17(16)25(20)2/h3-10H,11H2,1-2H3,(H,22,23,26). The number of carbonyl (C=O) groups is 1. The van der Waals surface area contributed by atoms with Crippen LogP contribution in [-0.2, 0) is 13.7 Å². The lowest BCUT2D eigenvalue weighted by Crippen LogP contribution is -2.17. The maximum Gasteiger partial charge on any atom is 0.280 e. The highest BCUT2D eigenvalue weighted by atomic mass is 19.1. The van der Waals surface area contributed by atoms with E-state index in [0.717, 1.165) is 11.0 Å². The molecule has 0 aliphatic heterocycles. The van der Waals surface area contributed by atoms with Gasteiger partial charge in [-0.3, -0.25) is 10.1 Å². The zero-order chi connectivity index (χ0) is 19.7. The van der Waals surface area contributed by atoms with E-state index < -0.39 is 11.7 Å². The van der Waals surface area contributed by atoms with Crippen molar-refractivity contribution in [2.45, 2.75) is 13.5 Å². The van der Waals surface area contributed by atoms with E-state index in [0.29, 0.717) is 23.0 Å². The summed E-state index contributed by atoms with van der Waals surface area (Å²) in [4.78, 5) is 17.2. The Morgan fingerprint density at radius 1 is 1.25 bits per heavy atom. The Hall–Kier alpha value is -3.68. The molecule has 0 saturated carbocycles. The Labute approximate surface area is 159 Å². The van der Waals surface area contributed by atoms with Crippen molar-refractivity contribution in [3.8, 4) is 5.75 Å². The van der Waals surface area contributed by atoms with Crippen molar-refractivity contribution >= 4 is 22.9 Å². The van der Waals surface area contributed by atoms with E-state index in [-0.39, 0.29) is 12.3 Å². The molecule has 0 aliphatic rings. The number of nitrogens with zero attached hydrogens (tertiary/aromatic N) is 3. The van der Waals surface area contributed by atoms with Gasteiger partial charge in [-0.1, -0.05) is 23.4 Å². The second kappa shape index (κ2) is 7.15. The number of nitrogens with one attached hydrogen (secondary N) is 1. The third kappa shape index (κ3) is 3.32. The monoisotopic (exact) mass is 380 g/mol. The topological polar surface area (TPSA) is 82.2 Å². The third-order valence-electron chi connectivity index (χ3n) is 4.39. The van der Waals surface area contributed by atoms with Crippen LogP contribution >= 0.6 is 0 Å². The summed E-state index contributed by atoms with van der Waals surface area (Å²) >= 11 is 0. The van der Waals surface area contributed by atoms with E-state index in [1.54, 1.807) is 23.6 Å². The minimum absolute atomic E-state index is 0.0179. The molecule has 142 valence electrons. The fourth-order valence-corrected chi connectivity index (χ4v) is 2.87. The van der Waals surface area contributed by atoms with Crippen molar-refractivity contribution in [3.63, 3.8) is 0 Å². The molecule has 0 aliphatic carbocycles. The lowest BCUT2D eigenvalue weighted by atomic mass is 10.2. The van der Waals surface area contributed by atoms with Gasteiger partial charge in [0.05, 0.1) is 16.6 Å². The van der Waals surface area contributed by atoms with Gasteiger partial charge >= 0.3 is 0 Å². The Balaban J connectivity index is 1.55. The van der Waals surface area contributed by atoms with E-state index in [2.05, 4.69) is 15.5 Å². The number of hydrogen-bond donors (Lipinski definition) is 1. The molecule has 8 heteroatoms. The van der Waals surface area contributed by atoms with E-state index in [1.165, 1.54) is 12.1 Å². The number of aromatic nitrogens is 3. The summed E-state index contributed by atoms with van der Waals surface area (Å²) in [6.07, 6.45) is 0. The lowest BCUT2D eigenvalue weighted by Gasteiger charge is -2.07. The molecule has 0 radical (unpaired) electrons. The lowest BCUT2D eigenvalue weighted by molar-refractivity contribution is 0.101. The Morgan fingerprint density at radius 2 is 2.07 bits per heavy atom. The molecule has 0 spiro atoms. The van der Waals surface area contributed by atoms with E-state index in [4.69, 9.17) is 9.26 Å². The van der Waals surface area contributed by atoms with Gasteiger partial charge in [-0.05, 0) is 31.2 Å². The molecule has 4 rings (SSSR count). The molecule has 0 bridgehead atoms. The first-order valence-corrected chi connectivity index (χ1v) is 8.59. The SMILES string of the molecule is Cc1onc(C(=O)Nc2nc3ccccc3n2C)c1COc1cccc(F)c1. The number of para-hydroxylation sites is 2. The van der Waals surface area contributed by atoms with Gasteiger partial charge in [0.15, 0.2) is 5.69 Å². The normalized spacial score (nSPS) is 11.0. The van der Waals surface area contributed by atoms with Crippen molar-refractivity contribution in [2.24, 2.45) is 7.05 Å². The Kier molecular flexibility index (Phi) is 4.52. The summed E-state index contributed by atoms with van der Waals surface area (Å²) in [7, 11) is 1.81. The first-order valence-electron chi connectivity index (χ1n) is 8.59. The smallest absolute Gasteiger partial charge is 0.280 e. The molecule has 0 unspecified atom stereocenters. The van der Waals surface area contributed by atoms with Crippen molar-refractivity contribution < 1.29 is 18.4 Å². The zero-order valence-electron chi connectivity index (χ0n) is 15.3. The molecular formula is C20H17FN4O3. The van der Waals surface area contributed by atoms with Gasteiger partial charge in [0.25, 0.3) is 5.91 Å². The maximum atomic E-state index is 13.3. The van der Waals surface area contributed by atoms with Gasteiger partial charge in [0, 0.05) is 13.1 Å². The van der Waals surface area contributed by atoms with Crippen LogP contribution in [0.3, 0.4) is 0 Å². The van der Waals surface area contributed by atoms with Gasteiger partial charge in [-0.2, -0.15) is 0 Å². The fraction of sp³-hybridized carbons (Fsp3) is 0.150. The van der Waals surface area contributed by atoms with E-state index in [9.17, 15) is 9.18 Å². The van der Waals surface area contributed by atoms with Crippen LogP contribution in [0.25, 0.3) is 11.0 Å². The fourth-order valence-electron chi connectivity index (χ4n) is 2.87. The van der Waals surface area contributed by atoms with Crippen LogP contribution in [0.5, 0.6) is 5.75 Å². The molecule has 0 fully saturated rings. The second-order valence-electron chi connectivity index (χ2n) is 6.25. The Bertz CT molecular complexity index is 1170. The summed E-state index contributed by atoms with van der Waals surface area (Å²) in [5.41, 5.74) is 2.25. The summed E-state index contributed by atoms with van der Waals surface area (Å²) < 4.78 is 25.8. The number of anilines is 1. The van der Waals surface area contributed by atoms with Gasteiger partial charge < -0.3 is 13.8 Å². The minimum atomic E-state index is -0.465. The van der Waals surface area contributed by atoms with Gasteiger partial charge in [-0.15, -0.1) is 0 Å². The molecule has 1 N–H and O–H groups in total. The highest BCUT2D eigenvalue weighted by molar-refractivity contribution is 6.03. The average molecular weight is 380 g/mol. The highest BCUT2D eigenvalue weighted by Crippen LogP contribution is 2.21. The number of aryl methyl sites for hydroxylation is 2. The van der Waals surface area contributed by atoms with Crippen LogP contribution < -0.4 is 10.1 Å². The molecule has 2 aromatic carbocycles. The van der Waals surface area contributed by atoms with Crippen molar-refractivity contribution in [1.82, 2.24) is 14.7 Å². The molecule has 2 heterocycles. The predicted octanol–water partition coefficient (Wildman–Crippen LogP) is 3.84. The summed E-state index contributed by atoms with van der Waals surface area (Å²) in [6, 6.07) is 13.3. The van der Waals surface area contributed by atoms with Gasteiger partial charge in [0.1, 0.15) is 23.9 Å². The predicted molar refractivity (Wildman–Crippen MR) is 101 cm³/mol. The molecule has 7 nitrogen and oxygen atoms in total. The highest BCUT2D eigenvalue weighted by Gasteiger charge is 2.22. The van der Waals surface area contributed by atoms with Crippen LogP contribution in [-0.4, -0.2) is 20.6 Å². The van der Waals surface area contributed by atoms with Crippen LogP contribution in [0, 0.1) is 12.7 Å². The number of fused-ring (bicyclic) bond motifs is 1. The molecule has 28 heavy (non-hydrogen) atoms. The zero-order valence-corrected chi connectivity index (χ0v) is 15.3. The number of ether oxygens (including phenoxy) is 1. The summed E-state index contributed by atoms with van der Waals surface area (Å²) in [6.45, 7) is 1.70. The van der Waals surface area contributed by atoms with Crippen molar-refractivity contribution in [2.75, 3.05) is 5.32 Å². The van der Waals surface area contributed by atoms with Crippen LogP contribution in [0.1, 0.15) is 21.8 Å². The first-order chi connectivity index (χ1) is 13.5. The van der Waals surface area contributed by atoms with Crippen molar-refractivity contribution in [1.29, 1.82) is 0 Å². The number of carbonyl (C=O) groups excluding carboxylic acids is 1.